The third kappa shape index (κ3) is 4.66. The van der Waals surface area contributed by atoms with E-state index in [0.717, 1.165) is 86.4 Å². The Bertz CT molecular complexity index is 1680. The van der Waals surface area contributed by atoms with Gasteiger partial charge in [0.2, 0.25) is 0 Å². The lowest BCUT2D eigenvalue weighted by Crippen LogP contribution is -1.92. The average molecular weight is 525 g/mol. The van der Waals surface area contributed by atoms with E-state index < -0.39 is 6.10 Å². The molecule has 2 aliphatic rings. The van der Waals surface area contributed by atoms with Gasteiger partial charge in [0, 0.05) is 34.2 Å². The fourth-order valence-corrected chi connectivity index (χ4v) is 6.19. The van der Waals surface area contributed by atoms with Gasteiger partial charge in [0.25, 0.3) is 0 Å². The second-order valence-electron chi connectivity index (χ2n) is 10.8. The Labute approximate surface area is 230 Å². The molecule has 0 saturated carbocycles. The molecule has 39 heavy (non-hydrogen) atoms. The molecule has 8 bridgehead atoms. The monoisotopic (exact) mass is 524 g/mol. The molecule has 6 heteroatoms. The molecule has 1 atom stereocenters. The number of allylic oxidation sites excluding steroid dienone is 4. The van der Waals surface area contributed by atoms with Crippen molar-refractivity contribution in [2.75, 3.05) is 6.61 Å². The van der Waals surface area contributed by atoms with E-state index in [0.29, 0.717) is 6.42 Å². The van der Waals surface area contributed by atoms with Crippen LogP contribution in [0.15, 0.2) is 24.3 Å². The summed E-state index contributed by atoms with van der Waals surface area (Å²) in [6, 6.07) is 8.51. The Morgan fingerprint density at radius 3 is 1.87 bits per heavy atom. The SMILES string of the molecule is CCC1=C(C)c2cc3[nH]c(cc4nc(cc5[nH]c(cc1n2)c(C)c5CC)C(CCCO)=C4C)c(C)c3[C@H](C)O. The molecule has 0 radical (unpaired) electrons. The van der Waals surface area contributed by atoms with Crippen LogP contribution in [0.5, 0.6) is 0 Å². The maximum Gasteiger partial charge on any atom is 0.0785 e. The van der Waals surface area contributed by atoms with E-state index in [2.05, 4.69) is 68.9 Å². The molecule has 3 aromatic heterocycles. The number of fused-ring (bicyclic) bond motifs is 8. The molecule has 5 rings (SSSR count). The summed E-state index contributed by atoms with van der Waals surface area (Å²) in [7, 11) is 0. The van der Waals surface area contributed by atoms with Crippen molar-refractivity contribution >= 4 is 44.4 Å². The van der Waals surface area contributed by atoms with Crippen LogP contribution < -0.4 is 0 Å². The molecule has 6 nitrogen and oxygen atoms in total. The van der Waals surface area contributed by atoms with Crippen LogP contribution in [0.4, 0.5) is 0 Å². The zero-order valence-corrected chi connectivity index (χ0v) is 24.2. The lowest BCUT2D eigenvalue weighted by atomic mass is 10.0. The van der Waals surface area contributed by atoms with Crippen molar-refractivity contribution < 1.29 is 10.2 Å². The highest BCUT2D eigenvalue weighted by Crippen LogP contribution is 2.37. The van der Waals surface area contributed by atoms with Crippen molar-refractivity contribution in [1.29, 1.82) is 0 Å². The Hall–Kier alpha value is -3.48. The van der Waals surface area contributed by atoms with Gasteiger partial charge in [-0.3, -0.25) is 0 Å². The largest absolute Gasteiger partial charge is 0.396 e. The summed E-state index contributed by atoms with van der Waals surface area (Å²) in [4.78, 5) is 17.5. The van der Waals surface area contributed by atoms with E-state index in [9.17, 15) is 10.2 Å². The lowest BCUT2D eigenvalue weighted by Gasteiger charge is -2.04. The number of H-pyrrole nitrogens is 2. The van der Waals surface area contributed by atoms with Crippen molar-refractivity contribution in [3.8, 4) is 0 Å². The van der Waals surface area contributed by atoms with Gasteiger partial charge in [-0.15, -0.1) is 0 Å². The molecule has 0 saturated heterocycles. The first-order chi connectivity index (χ1) is 18.7. The van der Waals surface area contributed by atoms with Gasteiger partial charge in [0.15, 0.2) is 0 Å². The number of aryl methyl sites for hydroxylation is 3. The fraction of sp³-hybridized carbons (Fsp3) is 0.394. The van der Waals surface area contributed by atoms with Crippen LogP contribution in [0, 0.1) is 13.8 Å². The van der Waals surface area contributed by atoms with Crippen molar-refractivity contribution in [3.63, 3.8) is 0 Å². The van der Waals surface area contributed by atoms with Gasteiger partial charge in [-0.25, -0.2) is 9.97 Å². The number of nitrogens with zero attached hydrogens (tertiary/aromatic N) is 2. The van der Waals surface area contributed by atoms with Gasteiger partial charge in [-0.1, -0.05) is 13.8 Å². The maximum atomic E-state index is 10.8. The molecule has 0 spiro atoms. The number of aromatic amines is 2. The van der Waals surface area contributed by atoms with Crippen LogP contribution in [0.25, 0.3) is 44.4 Å². The molecule has 0 unspecified atom stereocenters. The molecule has 204 valence electrons. The third-order valence-corrected chi connectivity index (χ3v) is 8.43. The van der Waals surface area contributed by atoms with Gasteiger partial charge in [0.05, 0.1) is 28.9 Å². The predicted octanol–water partition coefficient (Wildman–Crippen LogP) is 7.59. The first-order valence-electron chi connectivity index (χ1n) is 14.1. The Morgan fingerprint density at radius 2 is 1.26 bits per heavy atom. The molecular formula is C33H40N4O2. The zero-order valence-electron chi connectivity index (χ0n) is 24.2. The van der Waals surface area contributed by atoms with E-state index in [1.165, 1.54) is 22.3 Å². The molecule has 3 aromatic rings. The lowest BCUT2D eigenvalue weighted by molar-refractivity contribution is 0.200. The number of rotatable bonds is 6. The van der Waals surface area contributed by atoms with Crippen molar-refractivity contribution in [3.05, 3.63) is 69.3 Å². The fourth-order valence-electron chi connectivity index (χ4n) is 6.19. The first-order valence-corrected chi connectivity index (χ1v) is 14.1. The number of hydrogen-bond acceptors (Lipinski definition) is 4. The van der Waals surface area contributed by atoms with E-state index in [4.69, 9.17) is 9.97 Å². The molecule has 0 aliphatic carbocycles. The predicted molar refractivity (Wildman–Crippen MR) is 162 cm³/mol. The Kier molecular flexibility index (Phi) is 7.36. The van der Waals surface area contributed by atoms with Crippen LogP contribution in [-0.4, -0.2) is 36.8 Å². The summed E-state index contributed by atoms with van der Waals surface area (Å²) in [5, 5.41) is 20.3. The highest BCUT2D eigenvalue weighted by molar-refractivity contribution is 5.94. The zero-order chi connectivity index (χ0) is 28.0. The third-order valence-electron chi connectivity index (χ3n) is 8.43. The number of hydrogen-bond donors (Lipinski definition) is 4. The van der Waals surface area contributed by atoms with Crippen molar-refractivity contribution in [2.24, 2.45) is 0 Å². The summed E-state index contributed by atoms with van der Waals surface area (Å²) in [5.41, 5.74) is 16.8. The van der Waals surface area contributed by atoms with Crippen LogP contribution in [0.3, 0.4) is 0 Å². The molecule has 0 amide bonds. The molecule has 5 heterocycles. The van der Waals surface area contributed by atoms with Gasteiger partial charge < -0.3 is 20.2 Å². The van der Waals surface area contributed by atoms with Gasteiger partial charge in [-0.2, -0.15) is 0 Å². The Morgan fingerprint density at radius 1 is 0.718 bits per heavy atom. The molecule has 2 aliphatic heterocycles. The topological polar surface area (TPSA) is 97.8 Å². The quantitative estimate of drug-likeness (QED) is 0.267. The van der Waals surface area contributed by atoms with Gasteiger partial charge in [-0.05, 0) is 124 Å². The minimum atomic E-state index is -0.631. The van der Waals surface area contributed by atoms with Gasteiger partial charge >= 0.3 is 0 Å². The summed E-state index contributed by atoms with van der Waals surface area (Å²) in [6.45, 7) is 14.8. The van der Waals surface area contributed by atoms with E-state index >= 15 is 0 Å². The van der Waals surface area contributed by atoms with Gasteiger partial charge in [0.1, 0.15) is 0 Å². The summed E-state index contributed by atoms with van der Waals surface area (Å²) in [6.07, 6.45) is 2.61. The smallest absolute Gasteiger partial charge is 0.0785 e. The highest BCUT2D eigenvalue weighted by atomic mass is 16.3. The molecule has 0 fully saturated rings. The molecular weight excluding hydrogens is 484 g/mol. The van der Waals surface area contributed by atoms with Crippen molar-refractivity contribution in [1.82, 2.24) is 19.9 Å². The van der Waals surface area contributed by atoms with Crippen LogP contribution in [0.1, 0.15) is 105 Å². The number of aliphatic hydroxyl groups excluding tert-OH is 2. The van der Waals surface area contributed by atoms with Crippen LogP contribution >= 0.6 is 0 Å². The first kappa shape index (κ1) is 27.1. The number of aliphatic hydroxyl groups is 2. The van der Waals surface area contributed by atoms with E-state index in [-0.39, 0.29) is 6.61 Å². The minimum Gasteiger partial charge on any atom is -0.396 e. The van der Waals surface area contributed by atoms with E-state index in [1.807, 2.05) is 13.8 Å². The second kappa shape index (κ2) is 10.6. The molecule has 0 aromatic carbocycles. The molecule has 4 N–H and O–H groups in total. The maximum absolute atomic E-state index is 10.8. The Balaban J connectivity index is 1.97. The summed E-state index contributed by atoms with van der Waals surface area (Å²) in [5.74, 6) is 0. The van der Waals surface area contributed by atoms with E-state index in [1.54, 1.807) is 0 Å². The second-order valence-corrected chi connectivity index (χ2v) is 10.8. The summed E-state index contributed by atoms with van der Waals surface area (Å²) >= 11 is 0. The average Bonchev–Trinajstić information content (AvgIpc) is 3.56. The number of aromatic nitrogens is 4. The normalized spacial score (nSPS) is 14.5. The summed E-state index contributed by atoms with van der Waals surface area (Å²) < 4.78 is 0. The standard InChI is InChI=1S/C33H40N4O2/c1-8-22-18(4)27-15-32-33(21(7)39)20(6)28(37-32)13-25-19(5)24(11-10-12-38)31(36-25)16-30-23(9-2)17(3)26(34-30)14-29(22)35-27/h13-16,21,34,37-39H,8-12H2,1-7H3/t21-/m0/s1. The van der Waals surface area contributed by atoms with Crippen molar-refractivity contribution in [2.45, 2.75) is 80.3 Å². The number of nitrogens with one attached hydrogen (secondary N) is 2. The highest BCUT2D eigenvalue weighted by Gasteiger charge is 2.21. The minimum absolute atomic E-state index is 0.143. The van der Waals surface area contributed by atoms with Crippen LogP contribution in [-0.2, 0) is 6.42 Å². The van der Waals surface area contributed by atoms with Crippen LogP contribution in [0.2, 0.25) is 0 Å².